The second-order valence-corrected chi connectivity index (χ2v) is 15.4. The maximum absolute atomic E-state index is 12.8. The molecule has 0 bridgehead atoms. The summed E-state index contributed by atoms with van der Waals surface area (Å²) >= 11 is 0. The number of rotatable bonds is 41. The van der Waals surface area contributed by atoms with E-state index < -0.39 is 6.10 Å². The third kappa shape index (κ3) is 46.6. The van der Waals surface area contributed by atoms with Gasteiger partial charge in [-0.2, -0.15) is 0 Å². The normalized spacial score (nSPS) is 13.3. The lowest BCUT2D eigenvalue weighted by Crippen LogP contribution is -2.30. The monoisotopic (exact) mass is 855 g/mol. The maximum Gasteiger partial charge on any atom is 0.306 e. The van der Waals surface area contributed by atoms with Gasteiger partial charge >= 0.3 is 17.9 Å². The van der Waals surface area contributed by atoms with Gasteiger partial charge in [0.2, 0.25) is 0 Å². The van der Waals surface area contributed by atoms with Crippen LogP contribution >= 0.6 is 0 Å². The van der Waals surface area contributed by atoms with E-state index in [1.807, 2.05) is 54.7 Å². The van der Waals surface area contributed by atoms with Gasteiger partial charge < -0.3 is 14.2 Å². The molecule has 0 aliphatic rings. The highest BCUT2D eigenvalue weighted by Gasteiger charge is 2.19. The van der Waals surface area contributed by atoms with Crippen molar-refractivity contribution in [2.45, 2.75) is 187 Å². The van der Waals surface area contributed by atoms with E-state index in [1.165, 1.54) is 44.9 Å². The molecule has 346 valence electrons. The first-order chi connectivity index (χ1) is 30.5. The Kier molecular flexibility index (Phi) is 45.7. The zero-order valence-electron chi connectivity index (χ0n) is 39.3. The topological polar surface area (TPSA) is 78.9 Å². The summed E-state index contributed by atoms with van der Waals surface area (Å²) in [5.41, 5.74) is 0. The molecular weight excluding hydrogens is 769 g/mol. The van der Waals surface area contributed by atoms with E-state index in [0.717, 1.165) is 83.5 Å². The lowest BCUT2D eigenvalue weighted by Gasteiger charge is -2.18. The Balaban J connectivity index is 4.62. The molecule has 0 radical (unpaired) electrons. The largest absolute Gasteiger partial charge is 0.462 e. The number of carbonyl (C=O) groups is 3. The smallest absolute Gasteiger partial charge is 0.306 e. The standard InChI is InChI=1S/C56H86O6/c1-4-7-10-13-16-19-22-25-27-28-29-32-34-37-40-43-46-49-55(58)61-52-53(51-60-54(57)48-45-42-39-36-33-30-24-21-18-15-12-9-6-3)62-56(59)50-47-44-41-38-35-31-26-23-20-17-14-11-8-5-2/h8-9,11-12,15,17-18,20-21,24-27,29-33,36-37,39-40,53H,4-7,10,13-14,16,19,22-23,28,34-35,38,41-52H2,1-3H3/b11-8+,12-9+,18-15+,20-17+,24-21+,27-25+,31-26+,32-29+,33-30+,39-36+,40-37+. The molecule has 0 saturated heterocycles. The summed E-state index contributed by atoms with van der Waals surface area (Å²) in [6, 6.07) is 0. The summed E-state index contributed by atoms with van der Waals surface area (Å²) < 4.78 is 16.6. The van der Waals surface area contributed by atoms with E-state index in [1.54, 1.807) is 0 Å². The molecule has 1 atom stereocenters. The Bertz CT molecular complexity index is 1400. The minimum atomic E-state index is -0.843. The predicted octanol–water partition coefficient (Wildman–Crippen LogP) is 15.9. The highest BCUT2D eigenvalue weighted by atomic mass is 16.6. The Morgan fingerprint density at radius 2 is 0.726 bits per heavy atom. The second kappa shape index (κ2) is 49.2. The molecule has 6 nitrogen and oxygen atoms in total. The van der Waals surface area contributed by atoms with Crippen LogP contribution in [0.1, 0.15) is 181 Å². The first-order valence-electron chi connectivity index (χ1n) is 24.3. The molecule has 0 spiro atoms. The molecule has 0 rings (SSSR count). The summed E-state index contributed by atoms with van der Waals surface area (Å²) in [6.07, 6.45) is 68.8. The third-order valence-electron chi connectivity index (χ3n) is 9.50. The van der Waals surface area contributed by atoms with Crippen molar-refractivity contribution < 1.29 is 28.6 Å². The summed E-state index contributed by atoms with van der Waals surface area (Å²) in [4.78, 5) is 37.8. The summed E-state index contributed by atoms with van der Waals surface area (Å²) in [6.45, 7) is 6.21. The van der Waals surface area contributed by atoms with Gasteiger partial charge in [-0.25, -0.2) is 0 Å². The van der Waals surface area contributed by atoms with Crippen LogP contribution in [0.5, 0.6) is 0 Å². The van der Waals surface area contributed by atoms with Crippen LogP contribution in [-0.2, 0) is 28.6 Å². The van der Waals surface area contributed by atoms with Crippen molar-refractivity contribution in [2.24, 2.45) is 0 Å². The Labute approximate surface area is 379 Å². The average Bonchev–Trinajstić information content (AvgIpc) is 3.27. The first-order valence-corrected chi connectivity index (χ1v) is 24.3. The van der Waals surface area contributed by atoms with Crippen molar-refractivity contribution >= 4 is 17.9 Å². The molecule has 0 aliphatic carbocycles. The number of hydrogen-bond acceptors (Lipinski definition) is 6. The molecule has 62 heavy (non-hydrogen) atoms. The lowest BCUT2D eigenvalue weighted by molar-refractivity contribution is -0.167. The molecular formula is C56H86O6. The maximum atomic E-state index is 12.8. The van der Waals surface area contributed by atoms with Crippen molar-refractivity contribution in [1.82, 2.24) is 0 Å². The Morgan fingerprint density at radius 1 is 0.355 bits per heavy atom. The van der Waals surface area contributed by atoms with E-state index in [2.05, 4.69) is 99.8 Å². The molecule has 1 unspecified atom stereocenters. The average molecular weight is 855 g/mol. The molecule has 0 heterocycles. The summed E-state index contributed by atoms with van der Waals surface area (Å²) in [7, 11) is 0. The Hall–Kier alpha value is -4.45. The van der Waals surface area contributed by atoms with Crippen LogP contribution in [0.25, 0.3) is 0 Å². The number of unbranched alkanes of at least 4 members (excludes halogenated alkanes) is 12. The minimum Gasteiger partial charge on any atom is -0.462 e. The van der Waals surface area contributed by atoms with Crippen LogP contribution in [0.3, 0.4) is 0 Å². The zero-order chi connectivity index (χ0) is 45.1. The third-order valence-corrected chi connectivity index (χ3v) is 9.50. The molecule has 6 heteroatoms. The number of carbonyl (C=O) groups excluding carboxylic acids is 3. The van der Waals surface area contributed by atoms with Crippen LogP contribution in [0.2, 0.25) is 0 Å². The second-order valence-electron chi connectivity index (χ2n) is 15.4. The van der Waals surface area contributed by atoms with E-state index in [9.17, 15) is 14.4 Å². The van der Waals surface area contributed by atoms with Gasteiger partial charge in [0.05, 0.1) is 0 Å². The van der Waals surface area contributed by atoms with Crippen molar-refractivity contribution in [2.75, 3.05) is 13.2 Å². The van der Waals surface area contributed by atoms with Crippen molar-refractivity contribution in [3.8, 4) is 0 Å². The highest BCUT2D eigenvalue weighted by molar-refractivity contribution is 5.71. The van der Waals surface area contributed by atoms with Crippen molar-refractivity contribution in [3.05, 3.63) is 134 Å². The first kappa shape index (κ1) is 57.5. The van der Waals surface area contributed by atoms with Crippen molar-refractivity contribution in [1.29, 1.82) is 0 Å². The van der Waals surface area contributed by atoms with Gasteiger partial charge in [-0.3, -0.25) is 14.4 Å². The van der Waals surface area contributed by atoms with Gasteiger partial charge in [-0.15, -0.1) is 0 Å². The van der Waals surface area contributed by atoms with Crippen molar-refractivity contribution in [3.63, 3.8) is 0 Å². The minimum absolute atomic E-state index is 0.141. The molecule has 0 amide bonds. The van der Waals surface area contributed by atoms with E-state index in [0.29, 0.717) is 12.8 Å². The number of allylic oxidation sites excluding steroid dienone is 22. The molecule has 0 saturated carbocycles. The number of esters is 3. The number of ether oxygens (including phenoxy) is 3. The summed E-state index contributed by atoms with van der Waals surface area (Å²) in [5.74, 6) is -1.10. The van der Waals surface area contributed by atoms with Gasteiger partial charge in [0.1, 0.15) is 13.2 Å². The van der Waals surface area contributed by atoms with Crippen LogP contribution in [-0.4, -0.2) is 37.2 Å². The van der Waals surface area contributed by atoms with Crippen LogP contribution in [0.4, 0.5) is 0 Å². The van der Waals surface area contributed by atoms with E-state index in [-0.39, 0.29) is 50.4 Å². The fourth-order valence-electron chi connectivity index (χ4n) is 5.91. The van der Waals surface area contributed by atoms with E-state index in [4.69, 9.17) is 14.2 Å². The Morgan fingerprint density at radius 3 is 1.23 bits per heavy atom. The van der Waals surface area contributed by atoms with Gasteiger partial charge in [0, 0.05) is 19.3 Å². The van der Waals surface area contributed by atoms with Crippen LogP contribution in [0, 0.1) is 0 Å². The quantitative estimate of drug-likeness (QED) is 0.0200. The predicted molar refractivity (Wildman–Crippen MR) is 265 cm³/mol. The molecule has 0 aromatic heterocycles. The van der Waals surface area contributed by atoms with Crippen LogP contribution in [0.15, 0.2) is 134 Å². The summed E-state index contributed by atoms with van der Waals surface area (Å²) in [5, 5.41) is 0. The fraction of sp³-hybridized carbons (Fsp3) is 0.554. The molecule has 0 fully saturated rings. The fourth-order valence-corrected chi connectivity index (χ4v) is 5.91. The van der Waals surface area contributed by atoms with Gasteiger partial charge in [-0.1, -0.05) is 199 Å². The molecule has 0 aromatic rings. The van der Waals surface area contributed by atoms with Crippen LogP contribution < -0.4 is 0 Å². The van der Waals surface area contributed by atoms with Gasteiger partial charge in [0.15, 0.2) is 6.10 Å². The SMILES string of the molecule is CC/C=C/C=C/C=C/C=C/C=C/CCCC(=O)OCC(COC(=O)CCC/C=C/C/C=C/C/C=C/CCCCCCCC)OC(=O)CCCCCC/C=C/C/C=C/C/C=C/CC. The van der Waals surface area contributed by atoms with Gasteiger partial charge in [0.25, 0.3) is 0 Å². The van der Waals surface area contributed by atoms with Gasteiger partial charge in [-0.05, 0) is 96.3 Å². The lowest BCUT2D eigenvalue weighted by atomic mass is 10.1. The molecule has 0 N–H and O–H groups in total. The number of hydrogen-bond donors (Lipinski definition) is 0. The van der Waals surface area contributed by atoms with E-state index >= 15 is 0 Å². The molecule has 0 aromatic carbocycles. The highest BCUT2D eigenvalue weighted by Crippen LogP contribution is 2.11. The zero-order valence-corrected chi connectivity index (χ0v) is 39.3. The molecule has 0 aliphatic heterocycles.